The van der Waals surface area contributed by atoms with Crippen LogP contribution in [0.15, 0.2) is 34.8 Å². The Morgan fingerprint density at radius 3 is 2.35 bits per heavy atom. The molecule has 0 aliphatic carbocycles. The lowest BCUT2D eigenvalue weighted by Gasteiger charge is -2.20. The Labute approximate surface area is 134 Å². The van der Waals surface area contributed by atoms with Crippen LogP contribution >= 0.6 is 27.3 Å². The van der Waals surface area contributed by atoms with Gasteiger partial charge in [-0.15, -0.1) is 11.3 Å². The number of benzene rings is 1. The predicted octanol–water partition coefficient (Wildman–Crippen LogP) is 5.41. The summed E-state index contributed by atoms with van der Waals surface area (Å²) in [6.45, 7) is 8.91. The first-order valence-corrected chi connectivity index (χ1v) is 8.64. The van der Waals surface area contributed by atoms with E-state index in [0.717, 1.165) is 10.9 Å². The van der Waals surface area contributed by atoms with Crippen LogP contribution in [0.3, 0.4) is 0 Å². The zero-order chi connectivity index (χ0) is 14.7. The number of halogens is 1. The van der Waals surface area contributed by atoms with E-state index in [-0.39, 0.29) is 0 Å². The summed E-state index contributed by atoms with van der Waals surface area (Å²) in [6, 6.07) is 11.8. The lowest BCUT2D eigenvalue weighted by molar-refractivity contribution is 0.477. The summed E-state index contributed by atoms with van der Waals surface area (Å²) in [5, 5.41) is 3.71. The Morgan fingerprint density at radius 1 is 1.15 bits per heavy atom. The number of hydrogen-bond donors (Lipinski definition) is 1. The quantitative estimate of drug-likeness (QED) is 0.759. The van der Waals surface area contributed by atoms with Crippen LogP contribution in [0.2, 0.25) is 0 Å². The molecule has 1 heterocycles. The zero-order valence-corrected chi connectivity index (χ0v) is 14.9. The molecule has 1 aromatic carbocycles. The van der Waals surface area contributed by atoms with E-state index in [4.69, 9.17) is 0 Å². The monoisotopic (exact) mass is 351 g/mol. The molecule has 0 fully saturated rings. The van der Waals surface area contributed by atoms with Gasteiger partial charge < -0.3 is 5.32 Å². The second-order valence-corrected chi connectivity index (χ2v) is 7.86. The fourth-order valence-electron chi connectivity index (χ4n) is 2.63. The Bertz CT molecular complexity index is 559. The standard InChI is InChI=1S/C17H22BrNS/c1-11(9-15-5-7-16(18)8-6-15)19-13(3)17-10-12(2)20-14(17)4/h5-8,10-11,13,19H,9H2,1-4H3. The molecule has 1 N–H and O–H groups in total. The third-order valence-corrected chi connectivity index (χ3v) is 5.05. The second-order valence-electron chi connectivity index (χ2n) is 5.49. The highest BCUT2D eigenvalue weighted by Crippen LogP contribution is 2.26. The van der Waals surface area contributed by atoms with Gasteiger partial charge in [-0.05, 0) is 63.4 Å². The summed E-state index contributed by atoms with van der Waals surface area (Å²) >= 11 is 5.36. The minimum absolute atomic E-state index is 0.408. The van der Waals surface area contributed by atoms with Crippen LogP contribution < -0.4 is 5.32 Å². The average Bonchev–Trinajstić information content (AvgIpc) is 2.71. The third kappa shape index (κ3) is 4.18. The number of hydrogen-bond acceptors (Lipinski definition) is 2. The number of thiophene rings is 1. The van der Waals surface area contributed by atoms with Gasteiger partial charge in [-0.2, -0.15) is 0 Å². The maximum absolute atomic E-state index is 3.71. The smallest absolute Gasteiger partial charge is 0.0305 e. The molecule has 0 aliphatic rings. The van der Waals surface area contributed by atoms with Gasteiger partial charge in [0.05, 0.1) is 0 Å². The summed E-state index contributed by atoms with van der Waals surface area (Å²) in [5.74, 6) is 0. The molecule has 1 nitrogen and oxygen atoms in total. The fourth-order valence-corrected chi connectivity index (χ4v) is 3.92. The molecule has 0 spiro atoms. The molecular formula is C17H22BrNS. The van der Waals surface area contributed by atoms with Gasteiger partial charge in [0.1, 0.15) is 0 Å². The Kier molecular flexibility index (Phi) is 5.42. The zero-order valence-electron chi connectivity index (χ0n) is 12.5. The van der Waals surface area contributed by atoms with E-state index < -0.39 is 0 Å². The summed E-state index contributed by atoms with van der Waals surface area (Å²) in [6.07, 6.45) is 1.06. The topological polar surface area (TPSA) is 12.0 Å². The Morgan fingerprint density at radius 2 is 1.80 bits per heavy atom. The lowest BCUT2D eigenvalue weighted by Crippen LogP contribution is -2.30. The van der Waals surface area contributed by atoms with E-state index in [1.165, 1.54) is 20.9 Å². The summed E-state index contributed by atoms with van der Waals surface area (Å²) < 4.78 is 1.14. The van der Waals surface area contributed by atoms with Crippen LogP contribution in [0.25, 0.3) is 0 Å². The molecule has 2 rings (SSSR count). The molecule has 2 aromatic rings. The third-order valence-electron chi connectivity index (χ3n) is 3.54. The molecule has 3 heteroatoms. The van der Waals surface area contributed by atoms with Gasteiger partial charge in [-0.25, -0.2) is 0 Å². The maximum Gasteiger partial charge on any atom is 0.0305 e. The SMILES string of the molecule is Cc1cc(C(C)NC(C)Cc2ccc(Br)cc2)c(C)s1. The molecule has 0 amide bonds. The van der Waals surface area contributed by atoms with Gasteiger partial charge in [0.2, 0.25) is 0 Å². The lowest BCUT2D eigenvalue weighted by atomic mass is 10.0. The van der Waals surface area contributed by atoms with E-state index in [1.54, 1.807) is 0 Å². The van der Waals surface area contributed by atoms with Gasteiger partial charge >= 0.3 is 0 Å². The Balaban J connectivity index is 1.95. The molecule has 20 heavy (non-hydrogen) atoms. The highest BCUT2D eigenvalue weighted by atomic mass is 79.9. The van der Waals surface area contributed by atoms with E-state index >= 15 is 0 Å². The largest absolute Gasteiger partial charge is 0.307 e. The average molecular weight is 352 g/mol. The molecule has 0 bridgehead atoms. The van der Waals surface area contributed by atoms with Crippen molar-refractivity contribution in [3.8, 4) is 0 Å². The molecule has 0 aliphatic heterocycles. The molecular weight excluding hydrogens is 330 g/mol. The summed E-state index contributed by atoms with van der Waals surface area (Å²) in [7, 11) is 0. The van der Waals surface area contributed by atoms with Gasteiger partial charge in [-0.3, -0.25) is 0 Å². The van der Waals surface area contributed by atoms with E-state index in [0.29, 0.717) is 12.1 Å². The first-order valence-electron chi connectivity index (χ1n) is 7.03. The maximum atomic E-state index is 3.71. The second kappa shape index (κ2) is 6.88. The minimum atomic E-state index is 0.408. The van der Waals surface area contributed by atoms with Crippen molar-refractivity contribution >= 4 is 27.3 Å². The van der Waals surface area contributed by atoms with E-state index in [2.05, 4.69) is 79.3 Å². The van der Waals surface area contributed by atoms with Crippen molar-refractivity contribution < 1.29 is 0 Å². The van der Waals surface area contributed by atoms with Crippen LogP contribution in [-0.4, -0.2) is 6.04 Å². The van der Waals surface area contributed by atoms with Crippen LogP contribution in [0, 0.1) is 13.8 Å². The highest BCUT2D eigenvalue weighted by Gasteiger charge is 2.13. The number of rotatable bonds is 5. The normalized spacial score (nSPS) is 14.2. The number of aryl methyl sites for hydroxylation is 2. The Hall–Kier alpha value is -0.640. The van der Waals surface area contributed by atoms with Crippen molar-refractivity contribution in [1.29, 1.82) is 0 Å². The number of nitrogens with one attached hydrogen (secondary N) is 1. The van der Waals surface area contributed by atoms with Gasteiger partial charge in [0.25, 0.3) is 0 Å². The van der Waals surface area contributed by atoms with Gasteiger partial charge in [0.15, 0.2) is 0 Å². The van der Waals surface area contributed by atoms with Crippen LogP contribution in [0.1, 0.15) is 40.8 Å². The molecule has 2 atom stereocenters. The fraction of sp³-hybridized carbons (Fsp3) is 0.412. The van der Waals surface area contributed by atoms with Crippen molar-refractivity contribution in [3.05, 3.63) is 55.7 Å². The van der Waals surface area contributed by atoms with Crippen molar-refractivity contribution in [2.75, 3.05) is 0 Å². The molecule has 0 saturated heterocycles. The van der Waals surface area contributed by atoms with Crippen molar-refractivity contribution in [2.45, 2.75) is 46.2 Å². The highest BCUT2D eigenvalue weighted by molar-refractivity contribution is 9.10. The minimum Gasteiger partial charge on any atom is -0.307 e. The van der Waals surface area contributed by atoms with Crippen molar-refractivity contribution in [3.63, 3.8) is 0 Å². The first kappa shape index (κ1) is 15.7. The van der Waals surface area contributed by atoms with Crippen molar-refractivity contribution in [2.24, 2.45) is 0 Å². The van der Waals surface area contributed by atoms with Crippen LogP contribution in [0.4, 0.5) is 0 Å². The van der Waals surface area contributed by atoms with Crippen LogP contribution in [-0.2, 0) is 6.42 Å². The molecule has 0 radical (unpaired) electrons. The summed E-state index contributed by atoms with van der Waals surface area (Å²) in [4.78, 5) is 2.82. The van der Waals surface area contributed by atoms with Crippen molar-refractivity contribution in [1.82, 2.24) is 5.32 Å². The van der Waals surface area contributed by atoms with Gasteiger partial charge in [0, 0.05) is 26.3 Å². The molecule has 2 unspecified atom stereocenters. The molecule has 1 aromatic heterocycles. The molecule has 0 saturated carbocycles. The van der Waals surface area contributed by atoms with Crippen LogP contribution in [0.5, 0.6) is 0 Å². The molecule has 108 valence electrons. The van der Waals surface area contributed by atoms with Gasteiger partial charge in [-0.1, -0.05) is 28.1 Å². The summed E-state index contributed by atoms with van der Waals surface area (Å²) in [5.41, 5.74) is 2.81. The first-order chi connectivity index (χ1) is 9.45. The predicted molar refractivity (Wildman–Crippen MR) is 92.7 cm³/mol. The van der Waals surface area contributed by atoms with E-state index in [1.807, 2.05) is 11.3 Å². The van der Waals surface area contributed by atoms with E-state index in [9.17, 15) is 0 Å².